The molecule has 1 aliphatic rings. The van der Waals surface area contributed by atoms with Gasteiger partial charge in [0.05, 0.1) is 18.8 Å². The topological polar surface area (TPSA) is 95.2 Å². The van der Waals surface area contributed by atoms with E-state index in [1.165, 1.54) is 10.9 Å². The van der Waals surface area contributed by atoms with E-state index in [0.717, 1.165) is 51.3 Å². The Labute approximate surface area is 169 Å². The van der Waals surface area contributed by atoms with Gasteiger partial charge in [-0.25, -0.2) is 9.97 Å². The number of carbonyl (C=O) groups is 1. The van der Waals surface area contributed by atoms with Gasteiger partial charge < -0.3 is 20.4 Å². The number of nitrogens with one attached hydrogen (secondary N) is 3. The summed E-state index contributed by atoms with van der Waals surface area (Å²) in [5.41, 5.74) is 2.76. The number of amides is 1. The average Bonchev–Trinajstić information content (AvgIpc) is 3.18. The van der Waals surface area contributed by atoms with Gasteiger partial charge in [-0.15, -0.1) is 0 Å². The number of aromatic nitrogens is 3. The fraction of sp³-hybridized carbons (Fsp3) is 0.381. The first-order valence-electron chi connectivity index (χ1n) is 9.99. The molecule has 0 bridgehead atoms. The normalized spacial score (nSPS) is 14.8. The van der Waals surface area contributed by atoms with Gasteiger partial charge in [0.15, 0.2) is 0 Å². The average molecular weight is 394 g/mol. The Morgan fingerprint density at radius 3 is 2.76 bits per heavy atom. The van der Waals surface area contributed by atoms with E-state index in [-0.39, 0.29) is 5.91 Å². The zero-order chi connectivity index (χ0) is 19.9. The lowest BCUT2D eigenvalue weighted by molar-refractivity contribution is 0.0398. The van der Waals surface area contributed by atoms with E-state index < -0.39 is 0 Å². The summed E-state index contributed by atoms with van der Waals surface area (Å²) >= 11 is 0. The van der Waals surface area contributed by atoms with E-state index in [1.54, 1.807) is 12.4 Å². The highest BCUT2D eigenvalue weighted by Crippen LogP contribution is 2.17. The second-order valence-corrected chi connectivity index (χ2v) is 7.04. The quantitative estimate of drug-likeness (QED) is 0.538. The van der Waals surface area contributed by atoms with Gasteiger partial charge in [-0.05, 0) is 18.1 Å². The van der Waals surface area contributed by atoms with E-state index in [0.29, 0.717) is 18.1 Å². The summed E-state index contributed by atoms with van der Waals surface area (Å²) in [5.74, 6) is 0.373. The minimum absolute atomic E-state index is 0.162. The Bertz CT molecular complexity index is 934. The number of H-pyrrole nitrogens is 1. The van der Waals surface area contributed by atoms with Gasteiger partial charge in [-0.2, -0.15) is 0 Å². The number of anilines is 1. The van der Waals surface area contributed by atoms with Crippen molar-refractivity contribution in [1.29, 1.82) is 0 Å². The molecule has 8 nitrogen and oxygen atoms in total. The Morgan fingerprint density at radius 1 is 1.14 bits per heavy atom. The predicted molar refractivity (Wildman–Crippen MR) is 112 cm³/mol. The van der Waals surface area contributed by atoms with Crippen molar-refractivity contribution in [2.24, 2.45) is 0 Å². The molecule has 1 aromatic carbocycles. The van der Waals surface area contributed by atoms with Crippen LogP contribution in [-0.4, -0.2) is 71.7 Å². The van der Waals surface area contributed by atoms with Crippen molar-refractivity contribution in [2.45, 2.75) is 6.42 Å². The second kappa shape index (κ2) is 9.49. The summed E-state index contributed by atoms with van der Waals surface area (Å²) in [4.78, 5) is 26.4. The van der Waals surface area contributed by atoms with E-state index in [2.05, 4.69) is 36.6 Å². The van der Waals surface area contributed by atoms with Crippen molar-refractivity contribution in [2.75, 3.05) is 51.3 Å². The highest BCUT2D eigenvalue weighted by atomic mass is 16.5. The van der Waals surface area contributed by atoms with Crippen LogP contribution in [0.2, 0.25) is 0 Å². The number of aromatic amines is 1. The van der Waals surface area contributed by atoms with Crippen LogP contribution in [-0.2, 0) is 11.2 Å². The van der Waals surface area contributed by atoms with Crippen molar-refractivity contribution in [3.05, 3.63) is 54.0 Å². The Balaban J connectivity index is 1.21. The molecule has 1 aliphatic heterocycles. The summed E-state index contributed by atoms with van der Waals surface area (Å²) in [5, 5.41) is 7.32. The monoisotopic (exact) mass is 394 g/mol. The van der Waals surface area contributed by atoms with E-state index in [4.69, 9.17) is 4.74 Å². The number of morpholine rings is 1. The fourth-order valence-electron chi connectivity index (χ4n) is 3.44. The van der Waals surface area contributed by atoms with E-state index in [9.17, 15) is 4.79 Å². The molecule has 3 N–H and O–H groups in total. The highest BCUT2D eigenvalue weighted by molar-refractivity contribution is 5.93. The van der Waals surface area contributed by atoms with Gasteiger partial charge in [0, 0.05) is 62.2 Å². The molecular weight excluding hydrogens is 368 g/mol. The van der Waals surface area contributed by atoms with Crippen molar-refractivity contribution < 1.29 is 9.53 Å². The van der Waals surface area contributed by atoms with Gasteiger partial charge >= 0.3 is 0 Å². The molecule has 1 amide bonds. The Kier molecular flexibility index (Phi) is 6.33. The van der Waals surface area contributed by atoms with Crippen LogP contribution in [0.25, 0.3) is 10.9 Å². The summed E-state index contributed by atoms with van der Waals surface area (Å²) in [7, 11) is 0. The van der Waals surface area contributed by atoms with Gasteiger partial charge in [-0.1, -0.05) is 18.2 Å². The van der Waals surface area contributed by atoms with Gasteiger partial charge in [0.1, 0.15) is 0 Å². The van der Waals surface area contributed by atoms with Crippen LogP contribution in [0.3, 0.4) is 0 Å². The molecule has 4 rings (SSSR count). The Morgan fingerprint density at radius 2 is 1.93 bits per heavy atom. The zero-order valence-electron chi connectivity index (χ0n) is 16.4. The first-order chi connectivity index (χ1) is 14.3. The largest absolute Gasteiger partial charge is 0.379 e. The molecule has 0 spiro atoms. The number of hydrogen-bond donors (Lipinski definition) is 3. The SMILES string of the molecule is O=C(NCCc1c[nH]c2ccccc12)c1cnc(NCCN2CCOCC2)nc1. The third-order valence-electron chi connectivity index (χ3n) is 5.08. The van der Waals surface area contributed by atoms with Crippen LogP contribution in [0.5, 0.6) is 0 Å². The summed E-state index contributed by atoms with van der Waals surface area (Å²) in [6, 6.07) is 8.16. The molecule has 29 heavy (non-hydrogen) atoms. The van der Waals surface area contributed by atoms with Crippen molar-refractivity contribution >= 4 is 22.8 Å². The van der Waals surface area contributed by atoms with E-state index in [1.807, 2.05) is 24.4 Å². The third kappa shape index (κ3) is 5.10. The van der Waals surface area contributed by atoms with Gasteiger partial charge in [0.2, 0.25) is 5.95 Å². The molecule has 2 aromatic heterocycles. The molecule has 0 radical (unpaired) electrons. The van der Waals surface area contributed by atoms with Gasteiger partial charge in [-0.3, -0.25) is 9.69 Å². The molecule has 1 saturated heterocycles. The van der Waals surface area contributed by atoms with Crippen LogP contribution < -0.4 is 10.6 Å². The maximum Gasteiger partial charge on any atom is 0.254 e. The minimum Gasteiger partial charge on any atom is -0.379 e. The molecule has 8 heteroatoms. The molecule has 0 saturated carbocycles. The smallest absolute Gasteiger partial charge is 0.254 e. The maximum absolute atomic E-state index is 12.3. The molecule has 1 fully saturated rings. The van der Waals surface area contributed by atoms with Crippen LogP contribution in [0, 0.1) is 0 Å². The lowest BCUT2D eigenvalue weighted by Crippen LogP contribution is -2.39. The highest BCUT2D eigenvalue weighted by Gasteiger charge is 2.10. The van der Waals surface area contributed by atoms with Gasteiger partial charge in [0.25, 0.3) is 5.91 Å². The molecule has 0 aliphatic carbocycles. The summed E-state index contributed by atoms with van der Waals surface area (Å²) in [6.45, 7) is 5.74. The number of rotatable bonds is 8. The standard InChI is InChI=1S/C21H26N6O2/c28-20(22-6-5-16-13-24-19-4-2-1-3-18(16)19)17-14-25-21(26-15-17)23-7-8-27-9-11-29-12-10-27/h1-4,13-15,24H,5-12H2,(H,22,28)(H,23,25,26). The second-order valence-electron chi connectivity index (χ2n) is 7.04. The number of hydrogen-bond acceptors (Lipinski definition) is 6. The Hall–Kier alpha value is -2.97. The first-order valence-corrected chi connectivity index (χ1v) is 9.99. The molecule has 152 valence electrons. The summed E-state index contributed by atoms with van der Waals surface area (Å²) < 4.78 is 5.34. The molecule has 3 aromatic rings. The minimum atomic E-state index is -0.162. The number of para-hydroxylation sites is 1. The van der Waals surface area contributed by atoms with Crippen molar-refractivity contribution in [1.82, 2.24) is 25.2 Å². The third-order valence-corrected chi connectivity index (χ3v) is 5.08. The fourth-order valence-corrected chi connectivity index (χ4v) is 3.44. The van der Waals surface area contributed by atoms with Crippen LogP contribution in [0.1, 0.15) is 15.9 Å². The maximum atomic E-state index is 12.3. The number of ether oxygens (including phenoxy) is 1. The lowest BCUT2D eigenvalue weighted by atomic mass is 10.1. The number of fused-ring (bicyclic) bond motifs is 1. The summed E-state index contributed by atoms with van der Waals surface area (Å²) in [6.07, 6.45) is 5.88. The van der Waals surface area contributed by atoms with Crippen LogP contribution in [0.15, 0.2) is 42.9 Å². The van der Waals surface area contributed by atoms with Crippen LogP contribution in [0.4, 0.5) is 5.95 Å². The zero-order valence-corrected chi connectivity index (χ0v) is 16.4. The number of nitrogens with zero attached hydrogens (tertiary/aromatic N) is 3. The molecule has 0 atom stereocenters. The van der Waals surface area contributed by atoms with Crippen molar-refractivity contribution in [3.63, 3.8) is 0 Å². The van der Waals surface area contributed by atoms with Crippen molar-refractivity contribution in [3.8, 4) is 0 Å². The lowest BCUT2D eigenvalue weighted by Gasteiger charge is -2.26. The number of carbonyl (C=O) groups excluding carboxylic acids is 1. The molecule has 0 unspecified atom stereocenters. The molecular formula is C21H26N6O2. The van der Waals surface area contributed by atoms with E-state index >= 15 is 0 Å². The molecule has 3 heterocycles. The first kappa shape index (κ1) is 19.4. The predicted octanol–water partition coefficient (Wildman–Crippen LogP) is 1.67. The number of benzene rings is 1. The van der Waals surface area contributed by atoms with Crippen LogP contribution >= 0.6 is 0 Å².